The second-order valence-corrected chi connectivity index (χ2v) is 3.91. The third-order valence-electron chi connectivity index (χ3n) is 2.37. The first kappa shape index (κ1) is 13.6. The average Bonchev–Trinajstić information content (AvgIpc) is 2.30. The summed E-state index contributed by atoms with van der Waals surface area (Å²) >= 11 is 0. The zero-order valence-electron chi connectivity index (χ0n) is 10.0. The van der Waals surface area contributed by atoms with Crippen LogP contribution in [0.4, 0.5) is 5.69 Å². The predicted octanol–water partition coefficient (Wildman–Crippen LogP) is 0.00790. The zero-order valence-corrected chi connectivity index (χ0v) is 10.0. The molecule has 1 amide bonds. The van der Waals surface area contributed by atoms with Gasteiger partial charge >= 0.3 is 0 Å². The van der Waals surface area contributed by atoms with Crippen LogP contribution in [0, 0.1) is 0 Å². The molecule has 1 rings (SSSR count). The number of amides is 1. The minimum atomic E-state index is -0.0959. The van der Waals surface area contributed by atoms with Crippen molar-refractivity contribution in [2.24, 2.45) is 5.73 Å². The number of nitrogens with zero attached hydrogens (tertiary/aromatic N) is 1. The molecular formula is C12H19N3O2. The second kappa shape index (κ2) is 7.01. The molecule has 4 N–H and O–H groups in total. The molecule has 0 aliphatic heterocycles. The van der Waals surface area contributed by atoms with Gasteiger partial charge in [-0.1, -0.05) is 12.1 Å². The van der Waals surface area contributed by atoms with Gasteiger partial charge in [0.2, 0.25) is 5.91 Å². The van der Waals surface area contributed by atoms with E-state index in [4.69, 9.17) is 10.8 Å². The molecule has 17 heavy (non-hydrogen) atoms. The first-order valence-electron chi connectivity index (χ1n) is 5.54. The molecule has 0 radical (unpaired) electrons. The SMILES string of the molecule is CN(CCO)CC(=O)Nc1ccc(CN)cc1. The fourth-order valence-corrected chi connectivity index (χ4v) is 1.42. The molecule has 0 aliphatic rings. The molecular weight excluding hydrogens is 218 g/mol. The number of nitrogens with two attached hydrogens (primary N) is 1. The maximum absolute atomic E-state index is 11.6. The van der Waals surface area contributed by atoms with E-state index >= 15 is 0 Å². The lowest BCUT2D eigenvalue weighted by molar-refractivity contribution is -0.117. The normalized spacial score (nSPS) is 10.6. The zero-order chi connectivity index (χ0) is 12.7. The number of benzene rings is 1. The summed E-state index contributed by atoms with van der Waals surface area (Å²) in [5.74, 6) is -0.0959. The van der Waals surface area contributed by atoms with Crippen molar-refractivity contribution in [1.82, 2.24) is 4.90 Å². The van der Waals surface area contributed by atoms with Crippen LogP contribution in [0.1, 0.15) is 5.56 Å². The van der Waals surface area contributed by atoms with Gasteiger partial charge in [-0.05, 0) is 24.7 Å². The summed E-state index contributed by atoms with van der Waals surface area (Å²) in [4.78, 5) is 13.3. The van der Waals surface area contributed by atoms with Crippen molar-refractivity contribution in [2.45, 2.75) is 6.54 Å². The summed E-state index contributed by atoms with van der Waals surface area (Å²) in [6.45, 7) is 1.29. The van der Waals surface area contributed by atoms with Crippen LogP contribution < -0.4 is 11.1 Å². The number of carbonyl (C=O) groups is 1. The molecule has 0 bridgehead atoms. The van der Waals surface area contributed by atoms with Crippen molar-refractivity contribution in [3.05, 3.63) is 29.8 Å². The number of nitrogens with one attached hydrogen (secondary N) is 1. The third kappa shape index (κ3) is 4.95. The highest BCUT2D eigenvalue weighted by Crippen LogP contribution is 2.08. The third-order valence-corrected chi connectivity index (χ3v) is 2.37. The topological polar surface area (TPSA) is 78.6 Å². The minimum absolute atomic E-state index is 0.0506. The summed E-state index contributed by atoms with van der Waals surface area (Å²) in [6.07, 6.45) is 0. The molecule has 0 heterocycles. The van der Waals surface area contributed by atoms with Crippen molar-refractivity contribution in [3.8, 4) is 0 Å². The van der Waals surface area contributed by atoms with Gasteiger partial charge in [0, 0.05) is 18.8 Å². The van der Waals surface area contributed by atoms with Crippen molar-refractivity contribution >= 4 is 11.6 Å². The lowest BCUT2D eigenvalue weighted by Crippen LogP contribution is -2.32. The molecule has 1 aromatic carbocycles. The summed E-state index contributed by atoms with van der Waals surface area (Å²) in [5.41, 5.74) is 7.27. The van der Waals surface area contributed by atoms with Crippen molar-refractivity contribution in [1.29, 1.82) is 0 Å². The Morgan fingerprint density at radius 2 is 2.06 bits per heavy atom. The van der Waals surface area contributed by atoms with Crippen molar-refractivity contribution in [3.63, 3.8) is 0 Å². The largest absolute Gasteiger partial charge is 0.395 e. The van der Waals surface area contributed by atoms with E-state index < -0.39 is 0 Å². The average molecular weight is 237 g/mol. The molecule has 0 atom stereocenters. The highest BCUT2D eigenvalue weighted by molar-refractivity contribution is 5.92. The number of carbonyl (C=O) groups excluding carboxylic acids is 1. The summed E-state index contributed by atoms with van der Waals surface area (Å²) in [5, 5.41) is 11.5. The van der Waals surface area contributed by atoms with Gasteiger partial charge < -0.3 is 16.2 Å². The summed E-state index contributed by atoms with van der Waals surface area (Å²) < 4.78 is 0. The van der Waals surface area contributed by atoms with Crippen LogP contribution in [0.15, 0.2) is 24.3 Å². The Labute approximate surface area is 101 Å². The van der Waals surface area contributed by atoms with Crippen LogP contribution in [-0.2, 0) is 11.3 Å². The molecule has 5 heteroatoms. The lowest BCUT2D eigenvalue weighted by Gasteiger charge is -2.14. The summed E-state index contributed by atoms with van der Waals surface area (Å²) in [7, 11) is 1.79. The number of hydrogen-bond acceptors (Lipinski definition) is 4. The number of hydrogen-bond donors (Lipinski definition) is 3. The van der Waals surface area contributed by atoms with E-state index in [1.807, 2.05) is 24.3 Å². The smallest absolute Gasteiger partial charge is 0.238 e. The summed E-state index contributed by atoms with van der Waals surface area (Å²) in [6, 6.07) is 7.42. The van der Waals surface area contributed by atoms with E-state index in [0.29, 0.717) is 13.1 Å². The van der Waals surface area contributed by atoms with E-state index in [1.165, 1.54) is 0 Å². The molecule has 0 fully saturated rings. The van der Waals surface area contributed by atoms with Crippen LogP contribution in [0.3, 0.4) is 0 Å². The molecule has 0 aliphatic carbocycles. The van der Waals surface area contributed by atoms with Gasteiger partial charge in [0.25, 0.3) is 0 Å². The Kier molecular flexibility index (Phi) is 5.62. The van der Waals surface area contributed by atoms with E-state index in [0.717, 1.165) is 11.3 Å². The van der Waals surface area contributed by atoms with Gasteiger partial charge in [-0.2, -0.15) is 0 Å². The Hall–Kier alpha value is -1.43. The Balaban J connectivity index is 2.44. The Morgan fingerprint density at radius 3 is 2.59 bits per heavy atom. The first-order valence-corrected chi connectivity index (χ1v) is 5.54. The minimum Gasteiger partial charge on any atom is -0.395 e. The van der Waals surface area contributed by atoms with Crippen molar-refractivity contribution < 1.29 is 9.90 Å². The molecule has 0 aromatic heterocycles. The Morgan fingerprint density at radius 1 is 1.41 bits per heavy atom. The highest BCUT2D eigenvalue weighted by atomic mass is 16.3. The van der Waals surface area contributed by atoms with Crippen LogP contribution in [0.25, 0.3) is 0 Å². The maximum Gasteiger partial charge on any atom is 0.238 e. The molecule has 0 saturated carbocycles. The van der Waals surface area contributed by atoms with Crippen LogP contribution in [0.5, 0.6) is 0 Å². The molecule has 1 aromatic rings. The van der Waals surface area contributed by atoms with Gasteiger partial charge in [0.15, 0.2) is 0 Å². The molecule has 5 nitrogen and oxygen atoms in total. The van der Waals surface area contributed by atoms with Crippen LogP contribution in [0.2, 0.25) is 0 Å². The van der Waals surface area contributed by atoms with Crippen LogP contribution >= 0.6 is 0 Å². The van der Waals surface area contributed by atoms with E-state index in [1.54, 1.807) is 11.9 Å². The van der Waals surface area contributed by atoms with Gasteiger partial charge in [-0.25, -0.2) is 0 Å². The maximum atomic E-state index is 11.6. The molecule has 0 saturated heterocycles. The quantitative estimate of drug-likeness (QED) is 0.651. The number of rotatable bonds is 6. The van der Waals surface area contributed by atoms with Gasteiger partial charge in [-0.15, -0.1) is 0 Å². The number of likely N-dealkylation sites (N-methyl/N-ethyl adjacent to an activating group) is 1. The second-order valence-electron chi connectivity index (χ2n) is 3.91. The number of aliphatic hydroxyl groups is 1. The number of aliphatic hydroxyl groups excluding tert-OH is 1. The van der Waals surface area contributed by atoms with Crippen molar-refractivity contribution in [2.75, 3.05) is 32.1 Å². The van der Waals surface area contributed by atoms with Gasteiger partial charge in [0.05, 0.1) is 13.2 Å². The molecule has 0 unspecified atom stereocenters. The number of anilines is 1. The predicted molar refractivity (Wildman–Crippen MR) is 67.5 cm³/mol. The Bertz CT molecular complexity index is 351. The first-order chi connectivity index (χ1) is 8.15. The van der Waals surface area contributed by atoms with E-state index in [9.17, 15) is 4.79 Å². The molecule has 94 valence electrons. The monoisotopic (exact) mass is 237 g/mol. The van der Waals surface area contributed by atoms with Gasteiger partial charge in [0.1, 0.15) is 0 Å². The fraction of sp³-hybridized carbons (Fsp3) is 0.417. The van der Waals surface area contributed by atoms with E-state index in [2.05, 4.69) is 5.32 Å². The standard InChI is InChI=1S/C12H19N3O2/c1-15(6-7-16)9-12(17)14-11-4-2-10(8-13)3-5-11/h2-5,16H,6-9,13H2,1H3,(H,14,17). The van der Waals surface area contributed by atoms with Crippen LogP contribution in [-0.4, -0.2) is 42.7 Å². The molecule has 0 spiro atoms. The lowest BCUT2D eigenvalue weighted by atomic mass is 10.2. The van der Waals surface area contributed by atoms with Gasteiger partial charge in [-0.3, -0.25) is 9.69 Å². The highest BCUT2D eigenvalue weighted by Gasteiger charge is 2.05. The van der Waals surface area contributed by atoms with E-state index in [-0.39, 0.29) is 19.1 Å². The fourth-order valence-electron chi connectivity index (χ4n) is 1.42.